The molecule has 1 aromatic heterocycles. The van der Waals surface area contributed by atoms with Gasteiger partial charge in [0.1, 0.15) is 16.8 Å². The van der Waals surface area contributed by atoms with Gasteiger partial charge in [-0.25, -0.2) is 13.6 Å². The van der Waals surface area contributed by atoms with Gasteiger partial charge in [0, 0.05) is 25.7 Å². The van der Waals surface area contributed by atoms with E-state index in [0.29, 0.717) is 41.2 Å². The van der Waals surface area contributed by atoms with Crippen LogP contribution in [0.2, 0.25) is 0 Å². The molecule has 0 saturated carbocycles. The fourth-order valence-electron chi connectivity index (χ4n) is 3.88. The highest BCUT2D eigenvalue weighted by Gasteiger charge is 2.25. The minimum absolute atomic E-state index is 0.165. The largest absolute Gasteiger partial charge is 0.333 e. The highest BCUT2D eigenvalue weighted by molar-refractivity contribution is 7.85. The van der Waals surface area contributed by atoms with E-state index in [9.17, 15) is 13.4 Å². The zero-order valence-electron chi connectivity index (χ0n) is 19.2. The van der Waals surface area contributed by atoms with E-state index in [0.717, 1.165) is 16.7 Å². The summed E-state index contributed by atoms with van der Waals surface area (Å²) in [7, 11) is 0.267. The molecule has 0 fully saturated rings. The summed E-state index contributed by atoms with van der Waals surface area (Å²) in [6.45, 7) is 10.3. The van der Waals surface area contributed by atoms with Crippen molar-refractivity contribution in [2.24, 2.45) is 11.4 Å². The second-order valence-corrected chi connectivity index (χ2v) is 11.2. The first-order valence-electron chi connectivity index (χ1n) is 10.5. The quantitative estimate of drug-likeness (QED) is 0.557. The molecule has 32 heavy (non-hydrogen) atoms. The van der Waals surface area contributed by atoms with Crippen LogP contribution in [0.4, 0.5) is 10.3 Å². The van der Waals surface area contributed by atoms with E-state index >= 15 is 0 Å². The minimum atomic E-state index is -1.43. The summed E-state index contributed by atoms with van der Waals surface area (Å²) in [6, 6.07) is 8.50. The SMILES string of the molecule is C/C(=N/[S@](=O)C(C)(C)C)c1cc(C)cc2c(=O)n(C)c(N3Cc4ccc(F)cc4C3)nc12. The molecule has 1 atom stereocenters. The molecule has 0 amide bonds. The number of aryl methyl sites for hydroxylation is 1. The van der Waals surface area contributed by atoms with Crippen molar-refractivity contribution in [3.8, 4) is 0 Å². The number of anilines is 1. The minimum Gasteiger partial charge on any atom is -0.333 e. The number of fused-ring (bicyclic) bond motifs is 2. The maximum absolute atomic E-state index is 13.7. The summed E-state index contributed by atoms with van der Waals surface area (Å²) in [4.78, 5) is 20.1. The molecule has 0 spiro atoms. The molecule has 1 aliphatic heterocycles. The first-order valence-corrected chi connectivity index (χ1v) is 11.6. The molecule has 1 aliphatic rings. The zero-order chi connectivity index (χ0) is 23.4. The molecule has 4 rings (SSSR count). The van der Waals surface area contributed by atoms with Crippen LogP contribution in [0.25, 0.3) is 10.9 Å². The normalized spacial score (nSPS) is 15.3. The molecule has 0 radical (unpaired) electrons. The van der Waals surface area contributed by atoms with E-state index in [1.54, 1.807) is 20.0 Å². The molecule has 2 heterocycles. The number of rotatable bonds is 3. The first kappa shape index (κ1) is 22.3. The van der Waals surface area contributed by atoms with Crippen molar-refractivity contribution < 1.29 is 8.60 Å². The second kappa shape index (κ2) is 7.92. The Bertz CT molecular complexity index is 1350. The highest BCUT2D eigenvalue weighted by atomic mass is 32.2. The van der Waals surface area contributed by atoms with Crippen molar-refractivity contribution >= 4 is 33.5 Å². The van der Waals surface area contributed by atoms with Crippen molar-refractivity contribution in [3.05, 3.63) is 68.8 Å². The summed E-state index contributed by atoms with van der Waals surface area (Å²) in [5, 5.41) is 0.491. The second-order valence-electron chi connectivity index (χ2n) is 9.29. The maximum Gasteiger partial charge on any atom is 0.262 e. The third-order valence-corrected chi connectivity index (χ3v) is 7.10. The van der Waals surface area contributed by atoms with Gasteiger partial charge in [0.2, 0.25) is 5.95 Å². The van der Waals surface area contributed by atoms with Gasteiger partial charge in [-0.1, -0.05) is 6.07 Å². The summed E-state index contributed by atoms with van der Waals surface area (Å²) in [5.74, 6) is 0.233. The van der Waals surface area contributed by atoms with E-state index in [1.807, 2.05) is 44.7 Å². The van der Waals surface area contributed by atoms with Crippen LogP contribution in [0, 0.1) is 12.7 Å². The van der Waals surface area contributed by atoms with Gasteiger partial charge in [-0.2, -0.15) is 4.40 Å². The smallest absolute Gasteiger partial charge is 0.262 e. The number of halogens is 1. The summed E-state index contributed by atoms with van der Waals surface area (Å²) in [5.41, 5.74) is 4.44. The Kier molecular flexibility index (Phi) is 5.53. The number of benzene rings is 2. The lowest BCUT2D eigenvalue weighted by Gasteiger charge is -2.21. The van der Waals surface area contributed by atoms with Gasteiger partial charge >= 0.3 is 0 Å². The zero-order valence-corrected chi connectivity index (χ0v) is 20.0. The van der Waals surface area contributed by atoms with Crippen LogP contribution < -0.4 is 10.5 Å². The van der Waals surface area contributed by atoms with Gasteiger partial charge in [-0.05, 0) is 75.6 Å². The van der Waals surface area contributed by atoms with Crippen LogP contribution in [0.5, 0.6) is 0 Å². The highest BCUT2D eigenvalue weighted by Crippen LogP contribution is 2.29. The van der Waals surface area contributed by atoms with Crippen molar-refractivity contribution in [1.29, 1.82) is 0 Å². The third-order valence-electron chi connectivity index (χ3n) is 5.61. The van der Waals surface area contributed by atoms with Gasteiger partial charge in [-0.3, -0.25) is 9.36 Å². The molecule has 168 valence electrons. The van der Waals surface area contributed by atoms with Gasteiger partial charge in [-0.15, -0.1) is 0 Å². The van der Waals surface area contributed by atoms with E-state index in [4.69, 9.17) is 4.98 Å². The van der Waals surface area contributed by atoms with Crippen molar-refractivity contribution in [2.45, 2.75) is 52.5 Å². The van der Waals surface area contributed by atoms with E-state index in [2.05, 4.69) is 4.40 Å². The van der Waals surface area contributed by atoms with Crippen LogP contribution in [0.15, 0.2) is 39.5 Å². The Labute approximate surface area is 189 Å². The topological polar surface area (TPSA) is 67.6 Å². The van der Waals surface area contributed by atoms with Crippen LogP contribution in [-0.2, 0) is 31.1 Å². The van der Waals surface area contributed by atoms with Crippen LogP contribution in [-0.4, -0.2) is 24.2 Å². The van der Waals surface area contributed by atoms with Crippen molar-refractivity contribution in [1.82, 2.24) is 9.55 Å². The Balaban J connectivity index is 1.88. The number of aromatic nitrogens is 2. The number of hydrogen-bond donors (Lipinski definition) is 0. The summed E-state index contributed by atoms with van der Waals surface area (Å²) >= 11 is 0. The first-order chi connectivity index (χ1) is 15.0. The Morgan fingerprint density at radius 1 is 1.16 bits per heavy atom. The predicted octanol–water partition coefficient (Wildman–Crippen LogP) is 4.17. The Hall–Kier alpha value is -2.87. The molecule has 2 aromatic carbocycles. The molecular weight excluding hydrogens is 427 g/mol. The van der Waals surface area contributed by atoms with Crippen molar-refractivity contribution in [3.63, 3.8) is 0 Å². The summed E-state index contributed by atoms with van der Waals surface area (Å²) < 4.78 is 31.8. The molecule has 8 heteroatoms. The average molecular weight is 455 g/mol. The monoisotopic (exact) mass is 454 g/mol. The van der Waals surface area contributed by atoms with Crippen LogP contribution >= 0.6 is 0 Å². The molecule has 0 bridgehead atoms. The summed E-state index contributed by atoms with van der Waals surface area (Å²) in [6.07, 6.45) is 0. The van der Waals surface area contributed by atoms with Gasteiger partial charge in [0.15, 0.2) is 0 Å². The lowest BCUT2D eigenvalue weighted by atomic mass is 10.0. The third kappa shape index (κ3) is 3.99. The molecular formula is C24H27FN4O2S. The lowest BCUT2D eigenvalue weighted by Crippen LogP contribution is -2.28. The van der Waals surface area contributed by atoms with Gasteiger partial charge in [0.25, 0.3) is 5.56 Å². The molecule has 6 nitrogen and oxygen atoms in total. The number of hydrogen-bond acceptors (Lipinski definition) is 4. The van der Waals surface area contributed by atoms with Crippen LogP contribution in [0.1, 0.15) is 49.9 Å². The Morgan fingerprint density at radius 3 is 2.53 bits per heavy atom. The van der Waals surface area contributed by atoms with Crippen molar-refractivity contribution in [2.75, 3.05) is 4.90 Å². The maximum atomic E-state index is 13.7. The number of nitrogens with zero attached hydrogens (tertiary/aromatic N) is 4. The standard InChI is InChI=1S/C24H27FN4O2S/c1-14-9-19(15(2)27-32(31)24(3,4)5)21-20(10-14)22(30)28(6)23(26-21)29-12-16-7-8-18(25)11-17(16)13-29/h7-11H,12-13H2,1-6H3/b27-15-/t32-/m1/s1. The fraction of sp³-hybridized carbons (Fsp3) is 0.375. The van der Waals surface area contributed by atoms with E-state index in [1.165, 1.54) is 16.7 Å². The van der Waals surface area contributed by atoms with E-state index < -0.39 is 15.7 Å². The molecule has 0 unspecified atom stereocenters. The predicted molar refractivity (Wildman–Crippen MR) is 128 cm³/mol. The Morgan fingerprint density at radius 2 is 1.84 bits per heavy atom. The van der Waals surface area contributed by atoms with Gasteiger partial charge in [0.05, 0.1) is 21.4 Å². The lowest BCUT2D eigenvalue weighted by molar-refractivity contribution is 0.626. The van der Waals surface area contributed by atoms with Gasteiger partial charge < -0.3 is 4.90 Å². The molecule has 0 saturated heterocycles. The van der Waals surface area contributed by atoms with Crippen LogP contribution in [0.3, 0.4) is 0 Å². The fourth-order valence-corrected chi connectivity index (χ4v) is 4.50. The average Bonchev–Trinajstić information content (AvgIpc) is 3.12. The molecule has 0 aliphatic carbocycles. The molecule has 0 N–H and O–H groups in total. The molecule has 3 aromatic rings. The van der Waals surface area contributed by atoms with E-state index in [-0.39, 0.29) is 11.4 Å².